The number of sulfone groups is 1. The number of halogens is 3. The van der Waals surface area contributed by atoms with Crippen molar-refractivity contribution in [3.05, 3.63) is 100 Å². The number of benzene rings is 4. The average molecular weight is 461 g/mol. The normalized spacial score (nSPS) is 11.6. The highest BCUT2D eigenvalue weighted by Crippen LogP contribution is 2.33. The molecule has 0 saturated heterocycles. The summed E-state index contributed by atoms with van der Waals surface area (Å²) in [5.41, 5.74) is 0.415. The van der Waals surface area contributed by atoms with Gasteiger partial charge >= 0.3 is 0 Å². The second-order valence-corrected chi connectivity index (χ2v) is 9.36. The Hall–Kier alpha value is -2.60. The third kappa shape index (κ3) is 4.01. The second-order valence-electron chi connectivity index (χ2n) is 6.60. The Morgan fingerprint density at radius 2 is 1.53 bits per heavy atom. The summed E-state index contributed by atoms with van der Waals surface area (Å²) in [5, 5.41) is 2.02. The first-order valence-electron chi connectivity index (χ1n) is 8.95. The highest BCUT2D eigenvalue weighted by atomic mass is 35.5. The van der Waals surface area contributed by atoms with Gasteiger partial charge in [-0.1, -0.05) is 59.6 Å². The Kier molecular flexibility index (Phi) is 5.69. The number of fused-ring (bicyclic) bond motifs is 1. The van der Waals surface area contributed by atoms with Gasteiger partial charge in [-0.15, -0.1) is 0 Å². The monoisotopic (exact) mass is 460 g/mol. The van der Waals surface area contributed by atoms with Crippen molar-refractivity contribution in [1.29, 1.82) is 0 Å². The quantitative estimate of drug-likeness (QED) is 0.332. The average Bonchev–Trinajstić information content (AvgIpc) is 2.73. The highest BCUT2D eigenvalue weighted by Gasteiger charge is 2.24. The topological polar surface area (TPSA) is 43.4 Å². The van der Waals surface area contributed by atoms with Gasteiger partial charge < -0.3 is 4.74 Å². The molecule has 4 aromatic rings. The summed E-state index contributed by atoms with van der Waals surface area (Å²) in [4.78, 5) is 0.236. The van der Waals surface area contributed by atoms with E-state index in [2.05, 4.69) is 0 Å². The minimum absolute atomic E-state index is 0.0117. The molecule has 0 bridgehead atoms. The van der Waals surface area contributed by atoms with E-state index in [1.54, 1.807) is 18.2 Å². The molecule has 0 atom stereocenters. The molecule has 0 aromatic heterocycles. The SMILES string of the molecule is O=S(=O)(c1ccc(Cl)cc1)c1c(COc2ccc(Cl)cc2F)ccc2ccccc12. The molecule has 4 aromatic carbocycles. The fourth-order valence-electron chi connectivity index (χ4n) is 3.20. The van der Waals surface area contributed by atoms with Crippen LogP contribution in [0.2, 0.25) is 10.0 Å². The molecule has 0 N–H and O–H groups in total. The lowest BCUT2D eigenvalue weighted by atomic mass is 10.1. The van der Waals surface area contributed by atoms with Crippen molar-refractivity contribution in [3.8, 4) is 5.75 Å². The van der Waals surface area contributed by atoms with Crippen molar-refractivity contribution in [2.45, 2.75) is 16.4 Å². The van der Waals surface area contributed by atoms with Crippen molar-refractivity contribution < 1.29 is 17.5 Å². The van der Waals surface area contributed by atoms with E-state index in [0.29, 0.717) is 16.0 Å². The van der Waals surface area contributed by atoms with Gasteiger partial charge in [0, 0.05) is 21.0 Å². The van der Waals surface area contributed by atoms with Crippen molar-refractivity contribution in [1.82, 2.24) is 0 Å². The van der Waals surface area contributed by atoms with Gasteiger partial charge in [-0.25, -0.2) is 12.8 Å². The zero-order valence-electron chi connectivity index (χ0n) is 15.5. The van der Waals surface area contributed by atoms with E-state index in [0.717, 1.165) is 11.5 Å². The number of rotatable bonds is 5. The first kappa shape index (κ1) is 20.7. The lowest BCUT2D eigenvalue weighted by Gasteiger charge is -2.15. The Labute approximate surface area is 183 Å². The molecule has 0 spiro atoms. The van der Waals surface area contributed by atoms with Crippen LogP contribution in [0.15, 0.2) is 88.7 Å². The maximum atomic E-state index is 14.1. The van der Waals surface area contributed by atoms with E-state index in [4.69, 9.17) is 27.9 Å². The number of hydrogen-bond donors (Lipinski definition) is 0. The summed E-state index contributed by atoms with van der Waals surface area (Å²) in [6, 6.07) is 20.7. The van der Waals surface area contributed by atoms with Crippen LogP contribution in [0.3, 0.4) is 0 Å². The molecule has 30 heavy (non-hydrogen) atoms. The van der Waals surface area contributed by atoms with Crippen LogP contribution in [0.25, 0.3) is 10.8 Å². The number of hydrogen-bond acceptors (Lipinski definition) is 3. The van der Waals surface area contributed by atoms with Gasteiger partial charge in [0.15, 0.2) is 11.6 Å². The number of ether oxygens (including phenoxy) is 1. The Morgan fingerprint density at radius 3 is 2.27 bits per heavy atom. The lowest BCUT2D eigenvalue weighted by Crippen LogP contribution is -2.09. The van der Waals surface area contributed by atoms with Crippen LogP contribution in [-0.2, 0) is 16.4 Å². The molecule has 152 valence electrons. The summed E-state index contributed by atoms with van der Waals surface area (Å²) in [7, 11) is -3.89. The van der Waals surface area contributed by atoms with E-state index in [-0.39, 0.29) is 27.2 Å². The van der Waals surface area contributed by atoms with Crippen molar-refractivity contribution in [2.75, 3.05) is 0 Å². The van der Waals surface area contributed by atoms with Crippen molar-refractivity contribution >= 4 is 43.8 Å². The van der Waals surface area contributed by atoms with Crippen LogP contribution in [0.5, 0.6) is 5.75 Å². The maximum Gasteiger partial charge on any atom is 0.207 e. The van der Waals surface area contributed by atoms with Crippen LogP contribution in [0.1, 0.15) is 5.56 Å². The minimum Gasteiger partial charge on any atom is -0.486 e. The zero-order valence-corrected chi connectivity index (χ0v) is 17.8. The van der Waals surface area contributed by atoms with Gasteiger partial charge in [0.1, 0.15) is 6.61 Å². The van der Waals surface area contributed by atoms with E-state index in [1.807, 2.05) is 18.2 Å². The first-order chi connectivity index (χ1) is 14.4. The van der Waals surface area contributed by atoms with Crippen molar-refractivity contribution in [3.63, 3.8) is 0 Å². The van der Waals surface area contributed by atoms with E-state index < -0.39 is 15.7 Å². The van der Waals surface area contributed by atoms with Crippen LogP contribution < -0.4 is 4.74 Å². The highest BCUT2D eigenvalue weighted by molar-refractivity contribution is 7.91. The minimum atomic E-state index is -3.89. The fourth-order valence-corrected chi connectivity index (χ4v) is 5.16. The molecule has 0 fully saturated rings. The van der Waals surface area contributed by atoms with Gasteiger partial charge in [-0.3, -0.25) is 0 Å². The first-order valence-corrected chi connectivity index (χ1v) is 11.2. The summed E-state index contributed by atoms with van der Waals surface area (Å²) < 4.78 is 46.7. The molecule has 0 amide bonds. The summed E-state index contributed by atoms with van der Waals surface area (Å²) in [6.45, 7) is -0.133. The summed E-state index contributed by atoms with van der Waals surface area (Å²) in [6.07, 6.45) is 0. The molecule has 0 aliphatic rings. The standard InChI is InChI=1S/C23H15Cl2FO3S/c24-17-7-10-19(11-8-17)30(27,28)23-16(6-5-15-3-1-2-4-20(15)23)14-29-22-12-9-18(25)13-21(22)26/h1-13H,14H2. The molecular weight excluding hydrogens is 446 g/mol. The molecule has 4 rings (SSSR count). The molecular formula is C23H15Cl2FO3S. The smallest absolute Gasteiger partial charge is 0.207 e. The summed E-state index contributed by atoms with van der Waals surface area (Å²) in [5.74, 6) is -0.632. The zero-order chi connectivity index (χ0) is 21.3. The third-order valence-corrected chi connectivity index (χ3v) is 7.03. The van der Waals surface area contributed by atoms with Crippen LogP contribution >= 0.6 is 23.2 Å². The predicted molar refractivity (Wildman–Crippen MR) is 117 cm³/mol. The molecule has 0 unspecified atom stereocenters. The van der Waals surface area contributed by atoms with E-state index >= 15 is 0 Å². The Balaban J connectivity index is 1.83. The van der Waals surface area contributed by atoms with Gasteiger partial charge in [-0.2, -0.15) is 0 Å². The Morgan fingerprint density at radius 1 is 0.833 bits per heavy atom. The van der Waals surface area contributed by atoms with Gasteiger partial charge in [0.05, 0.1) is 9.79 Å². The maximum absolute atomic E-state index is 14.1. The molecule has 3 nitrogen and oxygen atoms in total. The summed E-state index contributed by atoms with van der Waals surface area (Å²) >= 11 is 11.7. The molecule has 0 aliphatic carbocycles. The van der Waals surface area contributed by atoms with E-state index in [9.17, 15) is 12.8 Å². The molecule has 0 aliphatic heterocycles. The molecule has 0 heterocycles. The fraction of sp³-hybridized carbons (Fsp3) is 0.0435. The van der Waals surface area contributed by atoms with Crippen LogP contribution in [0.4, 0.5) is 4.39 Å². The van der Waals surface area contributed by atoms with Crippen molar-refractivity contribution in [2.24, 2.45) is 0 Å². The van der Waals surface area contributed by atoms with Crippen LogP contribution in [-0.4, -0.2) is 8.42 Å². The lowest BCUT2D eigenvalue weighted by molar-refractivity contribution is 0.287. The van der Waals surface area contributed by atoms with Crippen LogP contribution in [0, 0.1) is 5.82 Å². The third-order valence-electron chi connectivity index (χ3n) is 4.63. The second kappa shape index (κ2) is 8.26. The largest absolute Gasteiger partial charge is 0.486 e. The van der Waals surface area contributed by atoms with Gasteiger partial charge in [0.25, 0.3) is 0 Å². The Bertz CT molecular complexity index is 1340. The molecule has 0 saturated carbocycles. The predicted octanol–water partition coefficient (Wildman–Crippen LogP) is 6.70. The van der Waals surface area contributed by atoms with Gasteiger partial charge in [0.2, 0.25) is 9.84 Å². The van der Waals surface area contributed by atoms with E-state index in [1.165, 1.54) is 36.4 Å². The molecule has 7 heteroatoms. The van der Waals surface area contributed by atoms with Gasteiger partial charge in [-0.05, 0) is 47.9 Å². The molecule has 0 radical (unpaired) electrons.